The zero-order chi connectivity index (χ0) is 23.5. The van der Waals surface area contributed by atoms with Crippen LogP contribution in [0, 0.1) is 5.41 Å². The van der Waals surface area contributed by atoms with Gasteiger partial charge in [0.1, 0.15) is 0 Å². The van der Waals surface area contributed by atoms with Crippen LogP contribution in [0.25, 0.3) is 0 Å². The maximum Gasteiger partial charge on any atom is 0.340 e. The van der Waals surface area contributed by atoms with E-state index in [0.717, 1.165) is 31.4 Å². The van der Waals surface area contributed by atoms with Crippen molar-refractivity contribution in [2.24, 2.45) is 5.41 Å². The van der Waals surface area contributed by atoms with Gasteiger partial charge in [-0.3, -0.25) is 0 Å². The van der Waals surface area contributed by atoms with Crippen LogP contribution < -0.4 is 0 Å². The molecule has 1 atom stereocenters. The van der Waals surface area contributed by atoms with Crippen LogP contribution in [-0.4, -0.2) is 37.6 Å². The van der Waals surface area contributed by atoms with Crippen molar-refractivity contribution >= 4 is 23.5 Å². The molecule has 0 saturated heterocycles. The zero-order valence-corrected chi connectivity index (χ0v) is 20.3. The molecule has 2 heterocycles. The molecule has 1 aromatic carbocycles. The zero-order valence-electron chi connectivity index (χ0n) is 19.5. The fourth-order valence-corrected chi connectivity index (χ4v) is 4.78. The second kappa shape index (κ2) is 9.53. The Hall–Kier alpha value is -2.53. The summed E-state index contributed by atoms with van der Waals surface area (Å²) in [7, 11) is 2.69. The van der Waals surface area contributed by atoms with Crippen LogP contribution >= 0.6 is 11.6 Å². The van der Waals surface area contributed by atoms with E-state index in [1.54, 1.807) is 0 Å². The molecule has 0 fully saturated rings. The van der Waals surface area contributed by atoms with Gasteiger partial charge in [-0.25, -0.2) is 9.59 Å². The van der Waals surface area contributed by atoms with E-state index >= 15 is 0 Å². The molecule has 2 aliphatic heterocycles. The molecule has 0 saturated carbocycles. The number of carbonyl (C=O) groups excluding carboxylic acids is 2. The first-order chi connectivity index (χ1) is 15.1. The standard InChI is InChI=1S/C26H32ClNO4/c1-25(2,3)26(18-10-12-19(27)13-11-18)14-8-16-28-15-7-6-9-20(23(29)31-4)22(21(28)17-26)24(30)32-5/h8,10-13,16-17H,6-7,9,14-15H2,1-5H3/b22-20-. The van der Waals surface area contributed by atoms with Crippen molar-refractivity contribution in [1.82, 2.24) is 4.90 Å². The van der Waals surface area contributed by atoms with E-state index in [4.69, 9.17) is 21.1 Å². The number of nitrogens with zero attached hydrogens (tertiary/aromatic N) is 1. The summed E-state index contributed by atoms with van der Waals surface area (Å²) in [5.74, 6) is -1.02. The molecule has 0 aromatic heterocycles. The largest absolute Gasteiger partial charge is 0.466 e. The molecule has 0 aliphatic carbocycles. The van der Waals surface area contributed by atoms with Gasteiger partial charge < -0.3 is 14.4 Å². The van der Waals surface area contributed by atoms with Crippen molar-refractivity contribution in [3.63, 3.8) is 0 Å². The third-order valence-electron chi connectivity index (χ3n) is 6.57. The van der Waals surface area contributed by atoms with E-state index in [0.29, 0.717) is 22.7 Å². The highest BCUT2D eigenvalue weighted by atomic mass is 35.5. The molecule has 1 unspecified atom stereocenters. The molecule has 0 radical (unpaired) electrons. The van der Waals surface area contributed by atoms with E-state index in [2.05, 4.69) is 37.8 Å². The first kappa shape index (κ1) is 24.1. The van der Waals surface area contributed by atoms with Gasteiger partial charge in [0.2, 0.25) is 0 Å². The summed E-state index contributed by atoms with van der Waals surface area (Å²) in [6, 6.07) is 7.87. The van der Waals surface area contributed by atoms with Gasteiger partial charge in [-0.05, 0) is 54.9 Å². The highest BCUT2D eigenvalue weighted by Gasteiger charge is 2.44. The summed E-state index contributed by atoms with van der Waals surface area (Å²) in [4.78, 5) is 27.9. The monoisotopic (exact) mass is 457 g/mol. The van der Waals surface area contributed by atoms with Gasteiger partial charge in [-0.2, -0.15) is 0 Å². The van der Waals surface area contributed by atoms with Crippen molar-refractivity contribution in [3.8, 4) is 0 Å². The molecule has 32 heavy (non-hydrogen) atoms. The lowest BCUT2D eigenvalue weighted by Gasteiger charge is -2.43. The summed E-state index contributed by atoms with van der Waals surface area (Å²) < 4.78 is 10.2. The third kappa shape index (κ3) is 4.49. The second-order valence-electron chi connectivity index (χ2n) is 9.33. The molecular formula is C26H32ClNO4. The van der Waals surface area contributed by atoms with Gasteiger partial charge in [0.15, 0.2) is 0 Å². The number of benzene rings is 1. The lowest BCUT2D eigenvalue weighted by molar-refractivity contribution is -0.139. The van der Waals surface area contributed by atoms with E-state index in [1.807, 2.05) is 30.5 Å². The Labute approximate surface area is 195 Å². The van der Waals surface area contributed by atoms with Gasteiger partial charge >= 0.3 is 11.9 Å². The van der Waals surface area contributed by atoms with Crippen molar-refractivity contribution in [2.75, 3.05) is 20.8 Å². The number of hydrogen-bond acceptors (Lipinski definition) is 5. The van der Waals surface area contributed by atoms with E-state index in [9.17, 15) is 9.59 Å². The first-order valence-electron chi connectivity index (χ1n) is 11.0. The lowest BCUT2D eigenvalue weighted by atomic mass is 9.60. The average molecular weight is 458 g/mol. The molecule has 0 amide bonds. The van der Waals surface area contributed by atoms with Gasteiger partial charge in [-0.1, -0.05) is 50.6 Å². The predicted octanol–water partition coefficient (Wildman–Crippen LogP) is 5.55. The number of rotatable bonds is 3. The Morgan fingerprint density at radius 1 is 1.03 bits per heavy atom. The normalized spacial score (nSPS) is 23.9. The smallest absolute Gasteiger partial charge is 0.340 e. The second-order valence-corrected chi connectivity index (χ2v) is 9.77. The molecule has 2 aliphatic rings. The Bertz CT molecular complexity index is 969. The predicted molar refractivity (Wildman–Crippen MR) is 126 cm³/mol. The molecule has 0 spiro atoms. The Morgan fingerprint density at radius 3 is 2.28 bits per heavy atom. The Kier molecular flexibility index (Phi) is 7.19. The molecule has 1 aromatic rings. The van der Waals surface area contributed by atoms with Crippen LogP contribution in [0.2, 0.25) is 5.02 Å². The molecule has 0 N–H and O–H groups in total. The minimum Gasteiger partial charge on any atom is -0.466 e. The quantitative estimate of drug-likeness (QED) is 0.556. The SMILES string of the molecule is COC(=O)/C1=C(\C(=O)OC)C2=CC(c3ccc(Cl)cc3)(C(C)(C)C)CC=CN2CCCC1. The number of hydrogen-bond donors (Lipinski definition) is 0. The number of ether oxygens (including phenoxy) is 2. The minimum atomic E-state index is -0.530. The van der Waals surface area contributed by atoms with Crippen LogP contribution in [0.15, 0.2) is 59.5 Å². The summed E-state index contributed by atoms with van der Waals surface area (Å²) in [6.07, 6.45) is 9.20. The third-order valence-corrected chi connectivity index (χ3v) is 6.82. The number of allylic oxidation sites excluding steroid dienone is 2. The molecule has 5 nitrogen and oxygen atoms in total. The summed E-state index contributed by atoms with van der Waals surface area (Å²) in [5, 5.41) is 0.672. The summed E-state index contributed by atoms with van der Waals surface area (Å²) >= 11 is 6.19. The summed E-state index contributed by atoms with van der Waals surface area (Å²) in [6.45, 7) is 7.31. The number of esters is 2. The topological polar surface area (TPSA) is 55.8 Å². The fraction of sp³-hybridized carbons (Fsp3) is 0.462. The highest BCUT2D eigenvalue weighted by molar-refractivity contribution is 6.30. The Balaban J connectivity index is 2.38. The average Bonchev–Trinajstić information content (AvgIpc) is 2.93. The van der Waals surface area contributed by atoms with Crippen molar-refractivity contribution in [1.29, 1.82) is 0 Å². The van der Waals surface area contributed by atoms with E-state index < -0.39 is 17.4 Å². The molecule has 6 heteroatoms. The maximum atomic E-state index is 13.1. The molecular weight excluding hydrogens is 426 g/mol. The van der Waals surface area contributed by atoms with Crippen LogP contribution in [0.4, 0.5) is 0 Å². The Morgan fingerprint density at radius 2 is 1.69 bits per heavy atom. The molecule has 3 rings (SSSR count). The lowest BCUT2D eigenvalue weighted by Crippen LogP contribution is -2.39. The minimum absolute atomic E-state index is 0.205. The summed E-state index contributed by atoms with van der Waals surface area (Å²) in [5.41, 5.74) is 1.79. The van der Waals surface area contributed by atoms with Gasteiger partial charge in [0.25, 0.3) is 0 Å². The fourth-order valence-electron chi connectivity index (χ4n) is 4.66. The maximum absolute atomic E-state index is 13.1. The van der Waals surface area contributed by atoms with Crippen LogP contribution in [-0.2, 0) is 24.5 Å². The van der Waals surface area contributed by atoms with Crippen molar-refractivity contribution < 1.29 is 19.1 Å². The number of halogens is 1. The number of fused-ring (bicyclic) bond motifs is 1. The highest BCUT2D eigenvalue weighted by Crippen LogP contribution is 2.49. The number of methoxy groups -OCH3 is 2. The van der Waals surface area contributed by atoms with Gasteiger partial charge in [0.05, 0.1) is 31.1 Å². The molecule has 172 valence electrons. The van der Waals surface area contributed by atoms with Crippen LogP contribution in [0.5, 0.6) is 0 Å². The van der Waals surface area contributed by atoms with Gasteiger partial charge in [0, 0.05) is 23.2 Å². The van der Waals surface area contributed by atoms with Crippen molar-refractivity contribution in [3.05, 3.63) is 70.0 Å². The van der Waals surface area contributed by atoms with Crippen LogP contribution in [0.1, 0.15) is 52.0 Å². The van der Waals surface area contributed by atoms with Crippen LogP contribution in [0.3, 0.4) is 0 Å². The van der Waals surface area contributed by atoms with E-state index in [-0.39, 0.29) is 11.0 Å². The molecule has 0 bridgehead atoms. The number of carbonyl (C=O) groups is 2. The van der Waals surface area contributed by atoms with E-state index in [1.165, 1.54) is 14.2 Å². The van der Waals surface area contributed by atoms with Gasteiger partial charge in [-0.15, -0.1) is 0 Å². The first-order valence-corrected chi connectivity index (χ1v) is 11.3. The van der Waals surface area contributed by atoms with Crippen molar-refractivity contribution in [2.45, 2.75) is 51.9 Å².